The number of hydrogen-bond donors (Lipinski definition) is 0. The lowest BCUT2D eigenvalue weighted by molar-refractivity contribution is -0.367. The zero-order chi connectivity index (χ0) is 28.2. The van der Waals surface area contributed by atoms with Crippen LogP contribution in [0.5, 0.6) is 0 Å². The second-order valence-electron chi connectivity index (χ2n) is 11.2. The number of nitrogens with zero attached hydrogens (tertiary/aromatic N) is 1. The largest absolute Gasteiger partial charge is 0.501 e. The van der Waals surface area contributed by atoms with E-state index in [1.807, 2.05) is 12.1 Å². The van der Waals surface area contributed by atoms with Gasteiger partial charge in [0, 0.05) is 31.8 Å². The van der Waals surface area contributed by atoms with Crippen LogP contribution in [-0.2, 0) is 19.1 Å². The van der Waals surface area contributed by atoms with Crippen LogP contribution in [-0.4, -0.2) is 43.6 Å². The van der Waals surface area contributed by atoms with Crippen molar-refractivity contribution in [3.63, 3.8) is 0 Å². The van der Waals surface area contributed by atoms with Gasteiger partial charge in [0.05, 0.1) is 19.1 Å². The minimum absolute atomic E-state index is 0.0987. The predicted octanol–water partition coefficient (Wildman–Crippen LogP) is 7.08. The van der Waals surface area contributed by atoms with E-state index in [1.54, 1.807) is 25.3 Å². The number of hydrogen-bond acceptors (Lipinski definition) is 5. The number of rotatable bonds is 5. The number of ether oxygens (including phenoxy) is 2. The van der Waals surface area contributed by atoms with E-state index >= 15 is 8.78 Å². The number of benzene rings is 1. The molecule has 0 bridgehead atoms. The monoisotopic (exact) mass is 553 g/mol. The van der Waals surface area contributed by atoms with Crippen molar-refractivity contribution in [1.29, 1.82) is 0 Å². The fraction of sp³-hybridized carbons (Fsp3) is 0.586. The van der Waals surface area contributed by atoms with Gasteiger partial charge in [-0.05, 0) is 66.2 Å². The molecule has 0 radical (unpaired) electrons. The van der Waals surface area contributed by atoms with Crippen LogP contribution in [0.25, 0.3) is 0 Å². The van der Waals surface area contributed by atoms with Crippen molar-refractivity contribution >= 4 is 12.2 Å². The lowest BCUT2D eigenvalue weighted by Gasteiger charge is -2.57. The molecule has 4 unspecified atom stereocenters. The summed E-state index contributed by atoms with van der Waals surface area (Å²) < 4.78 is 83.5. The Morgan fingerprint density at radius 1 is 1.13 bits per heavy atom. The number of methoxy groups -OCH3 is 1. The first kappa shape index (κ1) is 27.8. The lowest BCUT2D eigenvalue weighted by atomic mass is 9.50. The third-order valence-corrected chi connectivity index (χ3v) is 9.53. The zero-order valence-corrected chi connectivity index (χ0v) is 22.1. The normalized spacial score (nSPS) is 32.7. The van der Waals surface area contributed by atoms with Crippen LogP contribution in [0.3, 0.4) is 0 Å². The molecular formula is C29H32F5NO4. The van der Waals surface area contributed by atoms with Gasteiger partial charge in [0.25, 0.3) is 0 Å². The standard InChI is InChI=1S/C29H32F5NO4/c1-17(36)39-35-15-18-4-6-19(7-5-18)23-14-26(2)24(10-12-27(26,37-3)28(30,31)29(32,33)34)22-9-8-20-16-38-13-11-21(20)25(22)23/h4-7,15-16,22-24H,8-14H2,1-3H3/t22?,23?,24?,26-,27?/m0/s1. The van der Waals surface area contributed by atoms with E-state index in [1.165, 1.54) is 13.1 Å². The first-order chi connectivity index (χ1) is 18.4. The van der Waals surface area contributed by atoms with E-state index < -0.39 is 29.1 Å². The molecule has 5 nitrogen and oxygen atoms in total. The number of oxime groups is 1. The lowest BCUT2D eigenvalue weighted by Crippen LogP contribution is -2.66. The van der Waals surface area contributed by atoms with Crippen LogP contribution >= 0.6 is 0 Å². The van der Waals surface area contributed by atoms with Crippen LogP contribution < -0.4 is 0 Å². The Hall–Kier alpha value is -2.75. The Labute approximate surface area is 224 Å². The number of fused-ring (bicyclic) bond motifs is 4. The third-order valence-electron chi connectivity index (χ3n) is 9.53. The van der Waals surface area contributed by atoms with E-state index in [0.29, 0.717) is 31.4 Å². The minimum atomic E-state index is -5.73. The van der Waals surface area contributed by atoms with Crippen molar-refractivity contribution in [3.05, 3.63) is 58.4 Å². The molecule has 2 fully saturated rings. The second kappa shape index (κ2) is 9.71. The molecule has 1 aromatic carbocycles. The fourth-order valence-corrected chi connectivity index (χ4v) is 7.91. The highest BCUT2D eigenvalue weighted by atomic mass is 19.4. The molecule has 10 heteroatoms. The Balaban J connectivity index is 1.62. The molecule has 0 N–H and O–H groups in total. The first-order valence-corrected chi connectivity index (χ1v) is 13.2. The van der Waals surface area contributed by atoms with Gasteiger partial charge in [-0.3, -0.25) is 0 Å². The average Bonchev–Trinajstić information content (AvgIpc) is 3.21. The molecule has 0 aromatic heterocycles. The zero-order valence-electron chi connectivity index (χ0n) is 22.1. The number of alkyl halides is 5. The first-order valence-electron chi connectivity index (χ1n) is 13.2. The summed E-state index contributed by atoms with van der Waals surface area (Å²) >= 11 is 0. The van der Waals surface area contributed by atoms with Crippen LogP contribution in [0.4, 0.5) is 22.0 Å². The van der Waals surface area contributed by atoms with Crippen molar-refractivity contribution in [3.8, 4) is 0 Å². The molecule has 212 valence electrons. The highest BCUT2D eigenvalue weighted by molar-refractivity contribution is 5.80. The Kier molecular flexibility index (Phi) is 6.92. The van der Waals surface area contributed by atoms with E-state index in [-0.39, 0.29) is 37.0 Å². The summed E-state index contributed by atoms with van der Waals surface area (Å²) in [6.45, 7) is 3.32. The highest BCUT2D eigenvalue weighted by Gasteiger charge is 2.80. The van der Waals surface area contributed by atoms with Gasteiger partial charge in [0.15, 0.2) is 0 Å². The van der Waals surface area contributed by atoms with E-state index in [9.17, 15) is 18.0 Å². The topological polar surface area (TPSA) is 57.1 Å². The predicted molar refractivity (Wildman–Crippen MR) is 133 cm³/mol. The molecule has 1 aromatic rings. The summed E-state index contributed by atoms with van der Waals surface area (Å²) in [5, 5.41) is 3.63. The van der Waals surface area contributed by atoms with Crippen LogP contribution in [0.2, 0.25) is 0 Å². The molecule has 0 amide bonds. The summed E-state index contributed by atoms with van der Waals surface area (Å²) in [5.41, 5.74) is 0.765. The van der Waals surface area contributed by atoms with Gasteiger partial charge in [-0.1, -0.05) is 41.9 Å². The number of halogens is 5. The van der Waals surface area contributed by atoms with Crippen molar-refractivity contribution in [2.75, 3.05) is 13.7 Å². The van der Waals surface area contributed by atoms with Crippen LogP contribution in [0.15, 0.2) is 52.4 Å². The summed E-state index contributed by atoms with van der Waals surface area (Å²) in [5.74, 6) is -6.44. The van der Waals surface area contributed by atoms with E-state index in [2.05, 4.69) is 9.99 Å². The molecular weight excluding hydrogens is 521 g/mol. The van der Waals surface area contributed by atoms with Gasteiger partial charge in [0.1, 0.15) is 5.60 Å². The molecule has 4 aliphatic rings. The summed E-state index contributed by atoms with van der Waals surface area (Å²) in [6.07, 6.45) is -0.565. The van der Waals surface area contributed by atoms with Gasteiger partial charge in [-0.2, -0.15) is 22.0 Å². The summed E-state index contributed by atoms with van der Waals surface area (Å²) in [7, 11) is 0.994. The van der Waals surface area contributed by atoms with Crippen molar-refractivity contribution in [2.45, 2.75) is 76.0 Å². The molecule has 1 heterocycles. The number of allylic oxidation sites excluding steroid dienone is 2. The van der Waals surface area contributed by atoms with Gasteiger partial charge in [-0.15, -0.1) is 0 Å². The maximum absolute atomic E-state index is 15.4. The van der Waals surface area contributed by atoms with Gasteiger partial charge < -0.3 is 14.3 Å². The Morgan fingerprint density at radius 3 is 2.49 bits per heavy atom. The van der Waals surface area contributed by atoms with E-state index in [0.717, 1.165) is 29.4 Å². The number of carbonyl (C=O) groups is 1. The molecule has 39 heavy (non-hydrogen) atoms. The van der Waals surface area contributed by atoms with Crippen molar-refractivity contribution in [1.82, 2.24) is 0 Å². The molecule has 5 atom stereocenters. The molecule has 0 saturated heterocycles. The maximum Gasteiger partial charge on any atom is 0.456 e. The SMILES string of the molecule is COC1(C(F)(F)C(F)(F)F)CCC2C3CCC4=COCCC4=C3C(c3ccc(C=NOC(C)=O)cc3)C[C@@]21C. The Bertz CT molecular complexity index is 1220. The third kappa shape index (κ3) is 4.21. The molecule has 5 rings (SSSR count). The number of carbonyl (C=O) groups excluding carboxylic acids is 1. The quantitative estimate of drug-likeness (QED) is 0.169. The summed E-state index contributed by atoms with van der Waals surface area (Å²) in [4.78, 5) is 15.6. The van der Waals surface area contributed by atoms with E-state index in [4.69, 9.17) is 9.47 Å². The maximum atomic E-state index is 15.4. The van der Waals surface area contributed by atoms with Crippen LogP contribution in [0.1, 0.15) is 69.4 Å². The Morgan fingerprint density at radius 2 is 1.85 bits per heavy atom. The minimum Gasteiger partial charge on any atom is -0.501 e. The molecule has 0 spiro atoms. The van der Waals surface area contributed by atoms with Crippen molar-refractivity contribution in [2.24, 2.45) is 22.4 Å². The molecule has 1 aliphatic heterocycles. The average molecular weight is 554 g/mol. The second-order valence-corrected chi connectivity index (χ2v) is 11.2. The fourth-order valence-electron chi connectivity index (χ4n) is 7.91. The van der Waals surface area contributed by atoms with Gasteiger partial charge in [0.2, 0.25) is 0 Å². The smallest absolute Gasteiger partial charge is 0.456 e. The van der Waals surface area contributed by atoms with Gasteiger partial charge >= 0.3 is 18.1 Å². The molecule has 3 aliphatic carbocycles. The van der Waals surface area contributed by atoms with Crippen molar-refractivity contribution < 1.29 is 41.1 Å². The van der Waals surface area contributed by atoms with Gasteiger partial charge in [-0.25, -0.2) is 4.79 Å². The molecule has 2 saturated carbocycles. The van der Waals surface area contributed by atoms with Crippen LogP contribution in [0, 0.1) is 17.3 Å². The highest BCUT2D eigenvalue weighted by Crippen LogP contribution is 2.71. The summed E-state index contributed by atoms with van der Waals surface area (Å²) in [6, 6.07) is 7.22.